The largest absolute Gasteiger partial charge is 0.449 e. The van der Waals surface area contributed by atoms with Gasteiger partial charge in [0, 0.05) is 16.6 Å². The van der Waals surface area contributed by atoms with Crippen LogP contribution in [0, 0.1) is 10.1 Å². The quantitative estimate of drug-likeness (QED) is 0.567. The van der Waals surface area contributed by atoms with Crippen molar-refractivity contribution < 1.29 is 9.66 Å². The molecule has 0 unspecified atom stereocenters. The Hall–Kier alpha value is -1.44. The monoisotopic (exact) mass is 414 g/mol. The molecule has 0 amide bonds. The Bertz CT molecular complexity index is 690. The summed E-state index contributed by atoms with van der Waals surface area (Å²) in [5, 5.41) is 11.1. The Balaban J connectivity index is 2.39. The Morgan fingerprint density at radius 2 is 1.95 bits per heavy atom. The number of nitrogens with zero attached hydrogens (tertiary/aromatic N) is 1. The number of nitro groups is 1. The third-order valence-electron chi connectivity index (χ3n) is 2.83. The van der Waals surface area contributed by atoms with Crippen molar-refractivity contribution in [1.82, 2.24) is 0 Å². The van der Waals surface area contributed by atoms with Gasteiger partial charge in [0.05, 0.1) is 9.40 Å². The van der Waals surface area contributed by atoms with Crippen LogP contribution in [0.25, 0.3) is 0 Å². The van der Waals surface area contributed by atoms with Crippen LogP contribution in [0.15, 0.2) is 45.3 Å². The van der Waals surface area contributed by atoms with E-state index >= 15 is 0 Å². The fourth-order valence-corrected chi connectivity index (χ4v) is 2.96. The molecule has 0 saturated carbocycles. The second-order valence-electron chi connectivity index (χ2n) is 4.42. The molecule has 0 radical (unpaired) electrons. The van der Waals surface area contributed by atoms with E-state index in [0.717, 1.165) is 10.0 Å². The summed E-state index contributed by atoms with van der Waals surface area (Å²) < 4.78 is 6.97. The minimum absolute atomic E-state index is 0.100. The number of para-hydroxylation sites is 1. The van der Waals surface area contributed by atoms with Gasteiger partial charge in [0.25, 0.3) is 0 Å². The smallest absolute Gasteiger partial charge is 0.312 e. The number of benzene rings is 2. The zero-order chi connectivity index (χ0) is 15.6. The molecule has 0 heterocycles. The molecule has 0 aliphatic rings. The average Bonchev–Trinajstić information content (AvgIpc) is 2.40. The van der Waals surface area contributed by atoms with Crippen LogP contribution in [0.5, 0.6) is 11.5 Å². The molecule has 0 saturated heterocycles. The lowest BCUT2D eigenvalue weighted by atomic mass is 10.1. The second kappa shape index (κ2) is 6.55. The van der Waals surface area contributed by atoms with Crippen LogP contribution in [0.4, 0.5) is 5.69 Å². The summed E-state index contributed by atoms with van der Waals surface area (Å²) in [5.41, 5.74) is 6.67. The number of rotatable bonds is 4. The first-order valence-corrected chi connectivity index (χ1v) is 7.64. The summed E-state index contributed by atoms with van der Waals surface area (Å²) >= 11 is 6.69. The molecule has 0 bridgehead atoms. The van der Waals surface area contributed by atoms with Crippen LogP contribution >= 0.6 is 31.9 Å². The number of nitro benzene ring substituents is 1. The van der Waals surface area contributed by atoms with Crippen LogP contribution in [-0.2, 0) is 0 Å². The van der Waals surface area contributed by atoms with E-state index in [2.05, 4.69) is 31.9 Å². The molecule has 110 valence electrons. The normalized spacial score (nSPS) is 12.0. The molecule has 5 nitrogen and oxygen atoms in total. The molecule has 1 atom stereocenters. The van der Waals surface area contributed by atoms with E-state index in [4.69, 9.17) is 10.5 Å². The minimum Gasteiger partial charge on any atom is -0.449 e. The van der Waals surface area contributed by atoms with Gasteiger partial charge in [-0.15, -0.1) is 0 Å². The molecule has 0 spiro atoms. The molecule has 0 aromatic heterocycles. The van der Waals surface area contributed by atoms with E-state index in [9.17, 15) is 10.1 Å². The van der Waals surface area contributed by atoms with Gasteiger partial charge < -0.3 is 10.5 Å². The van der Waals surface area contributed by atoms with Gasteiger partial charge in [-0.05, 0) is 46.6 Å². The highest BCUT2D eigenvalue weighted by Crippen LogP contribution is 2.39. The van der Waals surface area contributed by atoms with Crippen LogP contribution < -0.4 is 10.5 Å². The van der Waals surface area contributed by atoms with Crippen LogP contribution in [0.2, 0.25) is 0 Å². The summed E-state index contributed by atoms with van der Waals surface area (Å²) in [4.78, 5) is 10.6. The summed E-state index contributed by atoms with van der Waals surface area (Å²) in [6.45, 7) is 1.87. The molecular formula is C14H12Br2N2O3. The van der Waals surface area contributed by atoms with Gasteiger partial charge in [0.2, 0.25) is 5.75 Å². The van der Waals surface area contributed by atoms with Crippen LogP contribution in [0.3, 0.4) is 0 Å². The van der Waals surface area contributed by atoms with E-state index in [1.54, 1.807) is 24.3 Å². The lowest BCUT2D eigenvalue weighted by Crippen LogP contribution is -2.05. The summed E-state index contributed by atoms with van der Waals surface area (Å²) in [7, 11) is 0. The molecule has 0 aliphatic heterocycles. The maximum absolute atomic E-state index is 11.1. The standard InChI is InChI=1S/C14H12Br2N2O3/c1-8(17)10-6-5-9(7-12(10)16)21-14-11(15)3-2-4-13(14)18(19)20/h2-8H,17H2,1H3/t8-/m1/s1. The molecule has 0 fully saturated rings. The first-order valence-electron chi connectivity index (χ1n) is 6.06. The number of ether oxygens (including phenoxy) is 1. The molecule has 2 aromatic rings. The zero-order valence-corrected chi connectivity index (χ0v) is 14.2. The second-order valence-corrected chi connectivity index (χ2v) is 6.13. The van der Waals surface area contributed by atoms with Crippen molar-refractivity contribution in [2.45, 2.75) is 13.0 Å². The highest BCUT2D eigenvalue weighted by molar-refractivity contribution is 9.10. The maximum atomic E-state index is 11.1. The van der Waals surface area contributed by atoms with Gasteiger partial charge in [-0.3, -0.25) is 10.1 Å². The third kappa shape index (κ3) is 3.61. The molecule has 2 N–H and O–H groups in total. The Labute approximate surface area is 138 Å². The molecular weight excluding hydrogens is 404 g/mol. The van der Waals surface area contributed by atoms with Gasteiger partial charge in [0.1, 0.15) is 5.75 Å². The predicted molar refractivity (Wildman–Crippen MR) is 87.6 cm³/mol. The Morgan fingerprint density at radius 1 is 1.24 bits per heavy atom. The topological polar surface area (TPSA) is 78.4 Å². The predicted octanol–water partition coefficient (Wildman–Crippen LogP) is 4.93. The molecule has 7 heteroatoms. The van der Waals surface area contributed by atoms with Gasteiger partial charge in [-0.25, -0.2) is 0 Å². The molecule has 21 heavy (non-hydrogen) atoms. The van der Waals surface area contributed by atoms with E-state index in [0.29, 0.717) is 10.2 Å². The van der Waals surface area contributed by atoms with Crippen molar-refractivity contribution in [2.24, 2.45) is 5.73 Å². The van der Waals surface area contributed by atoms with Crippen molar-refractivity contribution in [1.29, 1.82) is 0 Å². The summed E-state index contributed by atoms with van der Waals surface area (Å²) in [6, 6.07) is 9.84. The van der Waals surface area contributed by atoms with Gasteiger partial charge >= 0.3 is 5.69 Å². The fourth-order valence-electron chi connectivity index (χ4n) is 1.80. The fraction of sp³-hybridized carbons (Fsp3) is 0.143. The van der Waals surface area contributed by atoms with Crippen LogP contribution in [0.1, 0.15) is 18.5 Å². The first-order chi connectivity index (χ1) is 9.90. The Morgan fingerprint density at radius 3 is 2.52 bits per heavy atom. The maximum Gasteiger partial charge on any atom is 0.312 e. The summed E-state index contributed by atoms with van der Waals surface area (Å²) in [6.07, 6.45) is 0. The van der Waals surface area contributed by atoms with Crippen molar-refractivity contribution in [3.8, 4) is 11.5 Å². The number of nitrogens with two attached hydrogens (primary N) is 1. The van der Waals surface area contributed by atoms with E-state index in [-0.39, 0.29) is 17.5 Å². The van der Waals surface area contributed by atoms with Gasteiger partial charge in [-0.2, -0.15) is 0 Å². The van der Waals surface area contributed by atoms with Crippen molar-refractivity contribution in [3.05, 3.63) is 61.0 Å². The third-order valence-corrected chi connectivity index (χ3v) is 4.14. The molecule has 2 aromatic carbocycles. The van der Waals surface area contributed by atoms with E-state index in [1.165, 1.54) is 6.07 Å². The lowest BCUT2D eigenvalue weighted by molar-refractivity contribution is -0.385. The van der Waals surface area contributed by atoms with Crippen molar-refractivity contribution >= 4 is 37.5 Å². The summed E-state index contributed by atoms with van der Waals surface area (Å²) in [5.74, 6) is 0.657. The van der Waals surface area contributed by atoms with Gasteiger partial charge in [-0.1, -0.05) is 28.1 Å². The van der Waals surface area contributed by atoms with E-state index in [1.807, 2.05) is 13.0 Å². The minimum atomic E-state index is -0.481. The molecule has 2 rings (SSSR count). The number of hydrogen-bond acceptors (Lipinski definition) is 4. The molecule has 0 aliphatic carbocycles. The highest BCUT2D eigenvalue weighted by atomic mass is 79.9. The van der Waals surface area contributed by atoms with Crippen molar-refractivity contribution in [3.63, 3.8) is 0 Å². The average molecular weight is 416 g/mol. The first kappa shape index (κ1) is 15.9. The highest BCUT2D eigenvalue weighted by Gasteiger charge is 2.19. The SMILES string of the molecule is C[C@@H](N)c1ccc(Oc2c(Br)cccc2[N+](=O)[O-])cc1Br. The number of hydrogen-bond donors (Lipinski definition) is 1. The lowest BCUT2D eigenvalue weighted by Gasteiger charge is -2.12. The van der Waals surface area contributed by atoms with E-state index < -0.39 is 4.92 Å². The zero-order valence-electron chi connectivity index (χ0n) is 11.0. The van der Waals surface area contributed by atoms with Gasteiger partial charge in [0.15, 0.2) is 0 Å². The Kier molecular flexibility index (Phi) is 4.97. The number of halogens is 2. The van der Waals surface area contributed by atoms with Crippen molar-refractivity contribution in [2.75, 3.05) is 0 Å². The van der Waals surface area contributed by atoms with Crippen LogP contribution in [-0.4, -0.2) is 4.92 Å².